The van der Waals surface area contributed by atoms with Crippen LogP contribution < -0.4 is 5.32 Å². The third-order valence-corrected chi connectivity index (χ3v) is 3.57. The van der Waals surface area contributed by atoms with Crippen molar-refractivity contribution in [3.63, 3.8) is 0 Å². The van der Waals surface area contributed by atoms with E-state index in [4.69, 9.17) is 4.74 Å². The molecule has 2 aliphatic rings. The first-order valence-corrected chi connectivity index (χ1v) is 6.30. The van der Waals surface area contributed by atoms with Crippen molar-refractivity contribution in [1.82, 2.24) is 10.2 Å². The molecule has 1 aliphatic heterocycles. The van der Waals surface area contributed by atoms with Crippen LogP contribution in [0.3, 0.4) is 0 Å². The van der Waals surface area contributed by atoms with E-state index in [2.05, 4.69) is 5.32 Å². The maximum atomic E-state index is 12.2. The molecule has 2 rings (SSSR count). The molecule has 16 heavy (non-hydrogen) atoms. The lowest BCUT2D eigenvalue weighted by Crippen LogP contribution is -2.44. The van der Waals surface area contributed by atoms with E-state index in [0.29, 0.717) is 19.8 Å². The monoisotopic (exact) mass is 226 g/mol. The zero-order chi connectivity index (χ0) is 11.6. The largest absolute Gasteiger partial charge is 0.377 e. The van der Waals surface area contributed by atoms with Crippen LogP contribution in [0.25, 0.3) is 0 Å². The Balaban J connectivity index is 1.82. The molecule has 2 fully saturated rings. The van der Waals surface area contributed by atoms with E-state index in [-0.39, 0.29) is 17.6 Å². The van der Waals surface area contributed by atoms with Gasteiger partial charge < -0.3 is 9.64 Å². The highest BCUT2D eigenvalue weighted by atomic mass is 16.5. The van der Waals surface area contributed by atoms with Crippen molar-refractivity contribution in [3.05, 3.63) is 0 Å². The Labute approximate surface area is 97.3 Å². The fourth-order valence-corrected chi connectivity index (χ4v) is 2.65. The van der Waals surface area contributed by atoms with Gasteiger partial charge in [0, 0.05) is 6.54 Å². The molecule has 1 saturated carbocycles. The van der Waals surface area contributed by atoms with Crippen LogP contribution >= 0.6 is 0 Å². The lowest BCUT2D eigenvalue weighted by molar-refractivity contribution is -0.133. The molecule has 1 saturated heterocycles. The zero-order valence-corrected chi connectivity index (χ0v) is 10.3. The van der Waals surface area contributed by atoms with Gasteiger partial charge >= 0.3 is 0 Å². The number of hydrogen-bond donors (Lipinski definition) is 1. The standard InChI is InChI=1S/C12H22N2O2/c1-10(2)16-8-7-14-9-13-12(11(14)15)5-3-4-6-12/h10,13H,3-9H2,1-2H3. The maximum absolute atomic E-state index is 12.2. The summed E-state index contributed by atoms with van der Waals surface area (Å²) in [6, 6.07) is 0. The normalized spacial score (nSPS) is 23.9. The average molecular weight is 226 g/mol. The summed E-state index contributed by atoms with van der Waals surface area (Å²) in [6.45, 7) is 6.08. The van der Waals surface area contributed by atoms with E-state index in [1.54, 1.807) is 0 Å². The third-order valence-electron chi connectivity index (χ3n) is 3.57. The molecule has 1 N–H and O–H groups in total. The van der Waals surface area contributed by atoms with E-state index in [9.17, 15) is 4.79 Å². The Morgan fingerprint density at radius 2 is 2.12 bits per heavy atom. The molecule has 0 radical (unpaired) electrons. The number of carbonyl (C=O) groups excluding carboxylic acids is 1. The summed E-state index contributed by atoms with van der Waals surface area (Å²) in [5, 5.41) is 3.39. The number of rotatable bonds is 4. The quantitative estimate of drug-likeness (QED) is 0.781. The van der Waals surface area contributed by atoms with Crippen molar-refractivity contribution in [2.75, 3.05) is 19.8 Å². The van der Waals surface area contributed by atoms with Gasteiger partial charge in [0.1, 0.15) is 0 Å². The van der Waals surface area contributed by atoms with E-state index >= 15 is 0 Å². The minimum Gasteiger partial charge on any atom is -0.377 e. The van der Waals surface area contributed by atoms with Crippen LogP contribution in [0.2, 0.25) is 0 Å². The SMILES string of the molecule is CC(C)OCCN1CNC2(CCCC2)C1=O. The van der Waals surface area contributed by atoms with Crippen LogP contribution in [-0.2, 0) is 9.53 Å². The van der Waals surface area contributed by atoms with E-state index in [0.717, 1.165) is 12.8 Å². The van der Waals surface area contributed by atoms with Gasteiger partial charge in [-0.15, -0.1) is 0 Å². The maximum Gasteiger partial charge on any atom is 0.244 e. The Bertz CT molecular complexity index is 260. The highest BCUT2D eigenvalue weighted by Gasteiger charge is 2.47. The molecule has 0 aromatic heterocycles. The van der Waals surface area contributed by atoms with E-state index < -0.39 is 0 Å². The predicted octanol–water partition coefficient (Wildman–Crippen LogP) is 1.11. The second-order valence-electron chi connectivity index (χ2n) is 5.11. The van der Waals surface area contributed by atoms with Gasteiger partial charge in [-0.25, -0.2) is 0 Å². The lowest BCUT2D eigenvalue weighted by atomic mass is 9.98. The van der Waals surface area contributed by atoms with Gasteiger partial charge in [0.2, 0.25) is 5.91 Å². The molecule has 1 heterocycles. The summed E-state index contributed by atoms with van der Waals surface area (Å²) in [5.74, 6) is 0.289. The van der Waals surface area contributed by atoms with Crippen molar-refractivity contribution < 1.29 is 9.53 Å². The number of carbonyl (C=O) groups is 1. The summed E-state index contributed by atoms with van der Waals surface area (Å²) < 4.78 is 5.48. The second-order valence-corrected chi connectivity index (χ2v) is 5.11. The Morgan fingerprint density at radius 3 is 2.75 bits per heavy atom. The van der Waals surface area contributed by atoms with Gasteiger partial charge in [-0.2, -0.15) is 0 Å². The number of ether oxygens (including phenoxy) is 1. The third kappa shape index (κ3) is 2.23. The highest BCUT2D eigenvalue weighted by Crippen LogP contribution is 2.34. The Morgan fingerprint density at radius 1 is 1.44 bits per heavy atom. The van der Waals surface area contributed by atoms with E-state index in [1.807, 2.05) is 18.7 Å². The topological polar surface area (TPSA) is 41.6 Å². The molecule has 0 unspecified atom stereocenters. The van der Waals surface area contributed by atoms with Crippen LogP contribution in [-0.4, -0.2) is 42.3 Å². The number of nitrogens with zero attached hydrogens (tertiary/aromatic N) is 1. The summed E-state index contributed by atoms with van der Waals surface area (Å²) in [5.41, 5.74) is -0.210. The molecule has 0 aromatic rings. The first kappa shape index (κ1) is 11.9. The molecule has 1 aliphatic carbocycles. The average Bonchev–Trinajstić information content (AvgIpc) is 2.81. The van der Waals surface area contributed by atoms with Gasteiger partial charge in [0.25, 0.3) is 0 Å². The molecule has 92 valence electrons. The number of amides is 1. The number of hydrogen-bond acceptors (Lipinski definition) is 3. The minimum atomic E-state index is -0.210. The van der Waals surface area contributed by atoms with Crippen molar-refractivity contribution in [2.24, 2.45) is 0 Å². The van der Waals surface area contributed by atoms with Gasteiger partial charge in [-0.05, 0) is 26.7 Å². The summed E-state index contributed by atoms with van der Waals surface area (Å²) in [4.78, 5) is 14.1. The molecule has 0 bridgehead atoms. The molecule has 0 aromatic carbocycles. The molecule has 4 heteroatoms. The van der Waals surface area contributed by atoms with Crippen molar-refractivity contribution in [3.8, 4) is 0 Å². The molecule has 1 spiro atoms. The Hall–Kier alpha value is -0.610. The molecule has 0 atom stereocenters. The first-order chi connectivity index (χ1) is 7.64. The fraction of sp³-hybridized carbons (Fsp3) is 0.917. The van der Waals surface area contributed by atoms with Gasteiger partial charge in [0.15, 0.2) is 0 Å². The predicted molar refractivity (Wildman–Crippen MR) is 62.0 cm³/mol. The van der Waals surface area contributed by atoms with Crippen LogP contribution in [0, 0.1) is 0 Å². The molecule has 1 amide bonds. The number of nitrogens with one attached hydrogen (secondary N) is 1. The van der Waals surface area contributed by atoms with Crippen LogP contribution in [0.4, 0.5) is 0 Å². The second kappa shape index (κ2) is 4.72. The van der Waals surface area contributed by atoms with Crippen LogP contribution in [0.15, 0.2) is 0 Å². The molecular formula is C12H22N2O2. The minimum absolute atomic E-state index is 0.210. The Kier molecular flexibility index (Phi) is 3.50. The van der Waals surface area contributed by atoms with E-state index in [1.165, 1.54) is 12.8 Å². The summed E-state index contributed by atoms with van der Waals surface area (Å²) >= 11 is 0. The molecule has 4 nitrogen and oxygen atoms in total. The first-order valence-electron chi connectivity index (χ1n) is 6.30. The van der Waals surface area contributed by atoms with Gasteiger partial charge in [-0.3, -0.25) is 10.1 Å². The van der Waals surface area contributed by atoms with Crippen molar-refractivity contribution in [1.29, 1.82) is 0 Å². The van der Waals surface area contributed by atoms with Crippen molar-refractivity contribution >= 4 is 5.91 Å². The highest BCUT2D eigenvalue weighted by molar-refractivity contribution is 5.88. The fourth-order valence-electron chi connectivity index (χ4n) is 2.65. The smallest absolute Gasteiger partial charge is 0.244 e. The summed E-state index contributed by atoms with van der Waals surface area (Å²) in [7, 11) is 0. The van der Waals surface area contributed by atoms with Crippen LogP contribution in [0.1, 0.15) is 39.5 Å². The molecular weight excluding hydrogens is 204 g/mol. The van der Waals surface area contributed by atoms with Gasteiger partial charge in [-0.1, -0.05) is 12.8 Å². The summed E-state index contributed by atoms with van der Waals surface area (Å²) in [6.07, 6.45) is 4.61. The lowest BCUT2D eigenvalue weighted by Gasteiger charge is -2.21. The van der Waals surface area contributed by atoms with Crippen molar-refractivity contribution in [2.45, 2.75) is 51.2 Å². The zero-order valence-electron chi connectivity index (χ0n) is 10.3. The van der Waals surface area contributed by atoms with Crippen LogP contribution in [0.5, 0.6) is 0 Å². The van der Waals surface area contributed by atoms with Gasteiger partial charge in [0.05, 0.1) is 24.9 Å².